The number of hydrogen-bond donors (Lipinski definition) is 2. The van der Waals surface area contributed by atoms with E-state index >= 15 is 0 Å². The van der Waals surface area contributed by atoms with E-state index < -0.39 is 5.97 Å². The predicted molar refractivity (Wildman–Crippen MR) is 67.1 cm³/mol. The first-order valence-corrected chi connectivity index (χ1v) is 5.90. The standard InChI is InChI=1S/C13H16N2O3/c1-8(2-5-12(16)17)15-7-9-6-10(14)3-4-11(9)13(15)18/h3-4,6,8H,2,5,7,14H2,1H3,(H,16,17). The predicted octanol–water partition coefficient (Wildman–Crippen LogP) is 1.48. The Morgan fingerprint density at radius 1 is 1.56 bits per heavy atom. The van der Waals surface area contributed by atoms with Crippen LogP contribution in [0.4, 0.5) is 5.69 Å². The molecule has 0 aliphatic carbocycles. The lowest BCUT2D eigenvalue weighted by Gasteiger charge is -2.23. The van der Waals surface area contributed by atoms with Crippen LogP contribution in [0.15, 0.2) is 18.2 Å². The van der Waals surface area contributed by atoms with Gasteiger partial charge in [-0.05, 0) is 37.1 Å². The Balaban J connectivity index is 2.11. The summed E-state index contributed by atoms with van der Waals surface area (Å²) in [6.45, 7) is 2.38. The summed E-state index contributed by atoms with van der Waals surface area (Å²) in [5.41, 5.74) is 7.92. The first-order valence-electron chi connectivity index (χ1n) is 5.90. The van der Waals surface area contributed by atoms with Gasteiger partial charge in [0.1, 0.15) is 0 Å². The summed E-state index contributed by atoms with van der Waals surface area (Å²) < 4.78 is 0. The van der Waals surface area contributed by atoms with Gasteiger partial charge >= 0.3 is 5.97 Å². The molecule has 0 bridgehead atoms. The van der Waals surface area contributed by atoms with Crippen LogP contribution in [0.5, 0.6) is 0 Å². The average molecular weight is 248 g/mol. The highest BCUT2D eigenvalue weighted by Gasteiger charge is 2.30. The van der Waals surface area contributed by atoms with Gasteiger partial charge in [-0.2, -0.15) is 0 Å². The van der Waals surface area contributed by atoms with Crippen LogP contribution < -0.4 is 5.73 Å². The van der Waals surface area contributed by atoms with Crippen LogP contribution in [0.2, 0.25) is 0 Å². The molecule has 0 radical (unpaired) electrons. The van der Waals surface area contributed by atoms with E-state index in [4.69, 9.17) is 10.8 Å². The number of anilines is 1. The van der Waals surface area contributed by atoms with Crippen LogP contribution in [0, 0.1) is 0 Å². The Kier molecular flexibility index (Phi) is 3.23. The van der Waals surface area contributed by atoms with E-state index in [1.54, 1.807) is 23.1 Å². The molecule has 1 aromatic carbocycles. The molecule has 96 valence electrons. The van der Waals surface area contributed by atoms with Gasteiger partial charge in [0.25, 0.3) is 5.91 Å². The average Bonchev–Trinajstić information content (AvgIpc) is 2.63. The number of amides is 1. The molecule has 1 aliphatic heterocycles. The molecule has 0 fully saturated rings. The first kappa shape index (κ1) is 12.4. The number of carboxylic acid groups (broad SMARTS) is 1. The fourth-order valence-electron chi connectivity index (χ4n) is 2.21. The number of nitrogen functional groups attached to an aromatic ring is 1. The van der Waals surface area contributed by atoms with E-state index in [0.717, 1.165) is 5.56 Å². The number of aliphatic carboxylic acids is 1. The first-order chi connectivity index (χ1) is 8.49. The molecule has 0 saturated heterocycles. The molecule has 0 spiro atoms. The van der Waals surface area contributed by atoms with Gasteiger partial charge in [0.05, 0.1) is 0 Å². The van der Waals surface area contributed by atoms with E-state index in [-0.39, 0.29) is 18.4 Å². The minimum atomic E-state index is -0.838. The van der Waals surface area contributed by atoms with E-state index in [9.17, 15) is 9.59 Å². The number of carbonyl (C=O) groups excluding carboxylic acids is 1. The van der Waals surface area contributed by atoms with Crippen molar-refractivity contribution in [1.29, 1.82) is 0 Å². The van der Waals surface area contributed by atoms with Crippen molar-refractivity contribution in [1.82, 2.24) is 4.90 Å². The Morgan fingerprint density at radius 3 is 2.94 bits per heavy atom. The monoisotopic (exact) mass is 248 g/mol. The van der Waals surface area contributed by atoms with Crippen LogP contribution in [0.1, 0.15) is 35.7 Å². The third kappa shape index (κ3) is 2.30. The van der Waals surface area contributed by atoms with Gasteiger partial charge in [-0.15, -0.1) is 0 Å². The normalized spacial score (nSPS) is 15.6. The number of nitrogens with two attached hydrogens (primary N) is 1. The Bertz CT molecular complexity index is 499. The molecular weight excluding hydrogens is 232 g/mol. The smallest absolute Gasteiger partial charge is 0.303 e. The van der Waals surface area contributed by atoms with Gasteiger partial charge < -0.3 is 15.7 Å². The number of carboxylic acids is 1. The maximum atomic E-state index is 12.1. The summed E-state index contributed by atoms with van der Waals surface area (Å²) in [5, 5.41) is 8.66. The van der Waals surface area contributed by atoms with E-state index in [1.165, 1.54) is 0 Å². The van der Waals surface area contributed by atoms with Gasteiger partial charge in [0.2, 0.25) is 0 Å². The molecule has 1 aliphatic rings. The topological polar surface area (TPSA) is 83.6 Å². The van der Waals surface area contributed by atoms with Gasteiger partial charge in [-0.1, -0.05) is 0 Å². The zero-order chi connectivity index (χ0) is 13.3. The number of fused-ring (bicyclic) bond motifs is 1. The molecule has 1 amide bonds. The highest BCUT2D eigenvalue weighted by atomic mass is 16.4. The molecule has 0 saturated carbocycles. The van der Waals surface area contributed by atoms with Gasteiger partial charge in [-0.3, -0.25) is 9.59 Å². The summed E-state index contributed by atoms with van der Waals surface area (Å²) in [6.07, 6.45) is 0.536. The molecule has 1 aromatic rings. The number of rotatable bonds is 4. The maximum Gasteiger partial charge on any atom is 0.303 e. The second-order valence-electron chi connectivity index (χ2n) is 4.63. The van der Waals surface area contributed by atoms with Gasteiger partial charge in [0, 0.05) is 30.3 Å². The van der Waals surface area contributed by atoms with Gasteiger partial charge in [-0.25, -0.2) is 0 Å². The molecule has 0 aromatic heterocycles. The second-order valence-corrected chi connectivity index (χ2v) is 4.63. The van der Waals surface area contributed by atoms with Crippen molar-refractivity contribution < 1.29 is 14.7 Å². The zero-order valence-corrected chi connectivity index (χ0v) is 10.2. The van der Waals surface area contributed by atoms with Gasteiger partial charge in [0.15, 0.2) is 0 Å². The Labute approximate surface area is 105 Å². The molecule has 1 unspecified atom stereocenters. The van der Waals surface area contributed by atoms with E-state index in [2.05, 4.69) is 0 Å². The molecule has 1 atom stereocenters. The molecular formula is C13H16N2O3. The zero-order valence-electron chi connectivity index (χ0n) is 10.2. The largest absolute Gasteiger partial charge is 0.481 e. The van der Waals surface area contributed by atoms with Crippen molar-refractivity contribution in [3.8, 4) is 0 Å². The highest BCUT2D eigenvalue weighted by molar-refractivity contribution is 5.99. The highest BCUT2D eigenvalue weighted by Crippen LogP contribution is 2.27. The SMILES string of the molecule is CC(CCC(=O)O)N1Cc2cc(N)ccc2C1=O. The number of benzene rings is 1. The maximum absolute atomic E-state index is 12.1. The van der Waals surface area contributed by atoms with Crippen LogP contribution in [0.25, 0.3) is 0 Å². The quantitative estimate of drug-likeness (QED) is 0.790. The Hall–Kier alpha value is -2.04. The van der Waals surface area contributed by atoms with Crippen molar-refractivity contribution in [2.75, 3.05) is 5.73 Å². The second kappa shape index (κ2) is 4.68. The van der Waals surface area contributed by atoms with Crippen molar-refractivity contribution in [3.05, 3.63) is 29.3 Å². The van der Waals surface area contributed by atoms with E-state index in [1.807, 2.05) is 6.92 Å². The van der Waals surface area contributed by atoms with Crippen LogP contribution >= 0.6 is 0 Å². The van der Waals surface area contributed by atoms with Crippen LogP contribution in [0.3, 0.4) is 0 Å². The fourth-order valence-corrected chi connectivity index (χ4v) is 2.21. The van der Waals surface area contributed by atoms with E-state index in [0.29, 0.717) is 24.2 Å². The number of hydrogen-bond acceptors (Lipinski definition) is 3. The minimum Gasteiger partial charge on any atom is -0.481 e. The molecule has 2 rings (SSSR count). The third-order valence-corrected chi connectivity index (χ3v) is 3.27. The van der Waals surface area contributed by atoms with Crippen molar-refractivity contribution in [3.63, 3.8) is 0 Å². The van der Waals surface area contributed by atoms with Crippen LogP contribution in [-0.2, 0) is 11.3 Å². The lowest BCUT2D eigenvalue weighted by atomic mass is 10.1. The Morgan fingerprint density at radius 2 is 2.28 bits per heavy atom. The van der Waals surface area contributed by atoms with Crippen molar-refractivity contribution >= 4 is 17.6 Å². The number of nitrogens with zero attached hydrogens (tertiary/aromatic N) is 1. The fraction of sp³-hybridized carbons (Fsp3) is 0.385. The minimum absolute atomic E-state index is 0.0390. The third-order valence-electron chi connectivity index (χ3n) is 3.27. The molecule has 1 heterocycles. The van der Waals surface area contributed by atoms with Crippen molar-refractivity contribution in [2.24, 2.45) is 0 Å². The number of carbonyl (C=O) groups is 2. The summed E-state index contributed by atoms with van der Waals surface area (Å²) >= 11 is 0. The summed E-state index contributed by atoms with van der Waals surface area (Å²) in [5.74, 6) is -0.877. The molecule has 5 heteroatoms. The summed E-state index contributed by atoms with van der Waals surface area (Å²) in [7, 11) is 0. The summed E-state index contributed by atoms with van der Waals surface area (Å²) in [6, 6.07) is 5.16. The molecule has 3 N–H and O–H groups in total. The molecule has 5 nitrogen and oxygen atoms in total. The van der Waals surface area contributed by atoms with Crippen molar-refractivity contribution in [2.45, 2.75) is 32.4 Å². The summed E-state index contributed by atoms with van der Waals surface area (Å²) in [4.78, 5) is 24.4. The molecule has 18 heavy (non-hydrogen) atoms. The van der Waals surface area contributed by atoms with Crippen LogP contribution in [-0.4, -0.2) is 27.9 Å². The lowest BCUT2D eigenvalue weighted by molar-refractivity contribution is -0.137. The lowest BCUT2D eigenvalue weighted by Crippen LogP contribution is -2.33.